The Morgan fingerprint density at radius 3 is 2.59 bits per heavy atom. The molecule has 0 unspecified atom stereocenters. The molecule has 1 aliphatic rings. The lowest BCUT2D eigenvalue weighted by molar-refractivity contribution is -0.384. The van der Waals surface area contributed by atoms with Gasteiger partial charge in [-0.15, -0.1) is 0 Å². The maximum absolute atomic E-state index is 12.9. The van der Waals surface area contributed by atoms with Crippen LogP contribution in [0.5, 0.6) is 0 Å². The van der Waals surface area contributed by atoms with Crippen molar-refractivity contribution >= 4 is 39.2 Å². The number of anilines is 1. The first-order valence-electron chi connectivity index (χ1n) is 7.94. The van der Waals surface area contributed by atoms with Gasteiger partial charge in [-0.05, 0) is 36.8 Å². The molecule has 2 aromatic carbocycles. The average Bonchev–Trinajstić information content (AvgIpc) is 2.63. The molecule has 138 valence electrons. The molecule has 3 N–H and O–H groups in total. The Hall–Kier alpha value is -3.20. The van der Waals surface area contributed by atoms with Gasteiger partial charge in [0.2, 0.25) is 0 Å². The van der Waals surface area contributed by atoms with E-state index in [-0.39, 0.29) is 11.3 Å². The minimum Gasteiger partial charge on any atom is -0.327 e. The summed E-state index contributed by atoms with van der Waals surface area (Å²) in [7, 11) is 0. The molecular formula is C18H15BrN4O4. The number of hydrogen-bond acceptors (Lipinski definition) is 4. The molecule has 0 aliphatic carbocycles. The number of nitro benzene ring substituents is 1. The molecule has 3 amide bonds. The zero-order chi connectivity index (χ0) is 19.6. The molecule has 1 aliphatic heterocycles. The van der Waals surface area contributed by atoms with Gasteiger partial charge in [0.1, 0.15) is 0 Å². The van der Waals surface area contributed by atoms with E-state index < -0.39 is 22.9 Å². The van der Waals surface area contributed by atoms with E-state index in [1.165, 1.54) is 18.2 Å². The summed E-state index contributed by atoms with van der Waals surface area (Å²) in [6, 6.07) is 11.6. The smallest absolute Gasteiger partial charge is 0.319 e. The second-order valence-corrected chi connectivity index (χ2v) is 6.80. The molecule has 0 aromatic heterocycles. The summed E-state index contributed by atoms with van der Waals surface area (Å²) in [5, 5.41) is 19.1. The van der Waals surface area contributed by atoms with Crippen LogP contribution in [0, 0.1) is 10.1 Å². The van der Waals surface area contributed by atoms with Gasteiger partial charge in [0, 0.05) is 28.0 Å². The molecule has 0 saturated carbocycles. The van der Waals surface area contributed by atoms with Crippen molar-refractivity contribution < 1.29 is 14.5 Å². The largest absolute Gasteiger partial charge is 0.327 e. The molecule has 1 atom stereocenters. The van der Waals surface area contributed by atoms with Crippen molar-refractivity contribution in [2.45, 2.75) is 13.0 Å². The maximum Gasteiger partial charge on any atom is 0.319 e. The first-order chi connectivity index (χ1) is 12.8. The lowest BCUT2D eigenvalue weighted by atomic mass is 9.94. The third-order valence-corrected chi connectivity index (χ3v) is 4.56. The predicted molar refractivity (Wildman–Crippen MR) is 103 cm³/mol. The standard InChI is InChI=1S/C18H15BrN4O4/c1-10-15(17(24)21-13-7-5-12(19)6-8-13)16(22-18(25)20-10)11-3-2-4-14(9-11)23(26)27/h2-9,16H,1H3,(H,21,24)(H2,20,22,25)/t16-/m0/s1. The molecule has 0 spiro atoms. The second kappa shape index (κ2) is 7.58. The zero-order valence-electron chi connectivity index (χ0n) is 14.2. The number of benzene rings is 2. The van der Waals surface area contributed by atoms with E-state index in [1.54, 1.807) is 37.3 Å². The molecule has 0 radical (unpaired) electrons. The molecule has 0 fully saturated rings. The maximum atomic E-state index is 12.9. The number of allylic oxidation sites excluding steroid dienone is 1. The van der Waals surface area contributed by atoms with Gasteiger partial charge in [-0.25, -0.2) is 4.79 Å². The van der Waals surface area contributed by atoms with E-state index in [2.05, 4.69) is 31.9 Å². The number of nitrogens with zero attached hydrogens (tertiary/aromatic N) is 1. The highest BCUT2D eigenvalue weighted by molar-refractivity contribution is 9.10. The van der Waals surface area contributed by atoms with Gasteiger partial charge in [-0.1, -0.05) is 28.1 Å². The van der Waals surface area contributed by atoms with Crippen LogP contribution in [0.25, 0.3) is 0 Å². The number of nitro groups is 1. The molecule has 8 nitrogen and oxygen atoms in total. The Labute approximate surface area is 162 Å². The van der Waals surface area contributed by atoms with E-state index in [1.807, 2.05) is 0 Å². The van der Waals surface area contributed by atoms with Gasteiger partial charge in [-0.3, -0.25) is 14.9 Å². The van der Waals surface area contributed by atoms with Crippen LogP contribution in [0.15, 0.2) is 64.3 Å². The fourth-order valence-electron chi connectivity index (χ4n) is 2.79. The number of rotatable bonds is 4. The Balaban J connectivity index is 1.96. The Bertz CT molecular complexity index is 956. The lowest BCUT2D eigenvalue weighted by Gasteiger charge is -2.28. The van der Waals surface area contributed by atoms with E-state index in [0.29, 0.717) is 16.9 Å². The quantitative estimate of drug-likeness (QED) is 0.507. The molecule has 3 rings (SSSR count). The summed E-state index contributed by atoms with van der Waals surface area (Å²) in [5.74, 6) is -0.418. The van der Waals surface area contributed by atoms with Crippen LogP contribution in [0.1, 0.15) is 18.5 Å². The van der Waals surface area contributed by atoms with Crippen molar-refractivity contribution in [2.24, 2.45) is 0 Å². The first kappa shape index (κ1) is 18.6. The number of hydrogen-bond donors (Lipinski definition) is 3. The predicted octanol–water partition coefficient (Wildman–Crippen LogP) is 3.62. The lowest BCUT2D eigenvalue weighted by Crippen LogP contribution is -2.46. The zero-order valence-corrected chi connectivity index (χ0v) is 15.7. The number of non-ortho nitro benzene ring substituents is 1. The number of urea groups is 1. The Kier molecular flexibility index (Phi) is 5.22. The highest BCUT2D eigenvalue weighted by atomic mass is 79.9. The fraction of sp³-hybridized carbons (Fsp3) is 0.111. The summed E-state index contributed by atoms with van der Waals surface area (Å²) in [4.78, 5) is 35.3. The van der Waals surface area contributed by atoms with Crippen LogP contribution < -0.4 is 16.0 Å². The van der Waals surface area contributed by atoms with Crippen LogP contribution in [-0.4, -0.2) is 16.9 Å². The second-order valence-electron chi connectivity index (χ2n) is 5.88. The van der Waals surface area contributed by atoms with Crippen molar-refractivity contribution in [2.75, 3.05) is 5.32 Å². The number of nitrogens with one attached hydrogen (secondary N) is 3. The summed E-state index contributed by atoms with van der Waals surface area (Å²) < 4.78 is 0.872. The number of amides is 3. The summed E-state index contributed by atoms with van der Waals surface area (Å²) in [5.41, 5.74) is 1.56. The molecular weight excluding hydrogens is 416 g/mol. The minimum absolute atomic E-state index is 0.120. The monoisotopic (exact) mass is 430 g/mol. The highest BCUT2D eigenvalue weighted by Gasteiger charge is 2.31. The third kappa shape index (κ3) is 4.14. The van der Waals surface area contributed by atoms with Crippen LogP contribution in [0.2, 0.25) is 0 Å². The molecule has 2 aromatic rings. The SMILES string of the molecule is CC1=C(C(=O)Nc2ccc(Br)cc2)[C@H](c2cccc([N+](=O)[O-])c2)NC(=O)N1. The number of carbonyl (C=O) groups is 2. The van der Waals surface area contributed by atoms with Gasteiger partial charge in [-0.2, -0.15) is 0 Å². The third-order valence-electron chi connectivity index (χ3n) is 4.03. The topological polar surface area (TPSA) is 113 Å². The molecule has 0 saturated heterocycles. The Morgan fingerprint density at radius 2 is 1.93 bits per heavy atom. The average molecular weight is 431 g/mol. The number of halogens is 1. The summed E-state index contributed by atoms with van der Waals surface area (Å²) in [6.07, 6.45) is 0. The van der Waals surface area contributed by atoms with Gasteiger partial charge < -0.3 is 16.0 Å². The molecule has 9 heteroatoms. The van der Waals surface area contributed by atoms with Gasteiger partial charge in [0.25, 0.3) is 11.6 Å². The summed E-state index contributed by atoms with van der Waals surface area (Å²) >= 11 is 3.33. The summed E-state index contributed by atoms with van der Waals surface area (Å²) in [6.45, 7) is 1.61. The van der Waals surface area contributed by atoms with E-state index in [0.717, 1.165) is 4.47 Å². The minimum atomic E-state index is -0.811. The van der Waals surface area contributed by atoms with Crippen LogP contribution >= 0.6 is 15.9 Å². The van der Waals surface area contributed by atoms with E-state index >= 15 is 0 Å². The van der Waals surface area contributed by atoms with Gasteiger partial charge in [0.05, 0.1) is 16.5 Å². The molecule has 1 heterocycles. The molecule has 0 bridgehead atoms. The first-order valence-corrected chi connectivity index (χ1v) is 8.74. The Morgan fingerprint density at radius 1 is 1.22 bits per heavy atom. The van der Waals surface area contributed by atoms with Crippen LogP contribution in [0.4, 0.5) is 16.2 Å². The van der Waals surface area contributed by atoms with E-state index in [4.69, 9.17) is 0 Å². The van der Waals surface area contributed by atoms with Crippen LogP contribution in [-0.2, 0) is 4.79 Å². The van der Waals surface area contributed by atoms with Crippen molar-refractivity contribution in [1.29, 1.82) is 0 Å². The highest BCUT2D eigenvalue weighted by Crippen LogP contribution is 2.29. The van der Waals surface area contributed by atoms with Crippen LogP contribution in [0.3, 0.4) is 0 Å². The van der Waals surface area contributed by atoms with Gasteiger partial charge in [0.15, 0.2) is 0 Å². The van der Waals surface area contributed by atoms with Crippen molar-refractivity contribution in [1.82, 2.24) is 10.6 Å². The van der Waals surface area contributed by atoms with E-state index in [9.17, 15) is 19.7 Å². The fourth-order valence-corrected chi connectivity index (χ4v) is 3.06. The van der Waals surface area contributed by atoms with Crippen molar-refractivity contribution in [3.63, 3.8) is 0 Å². The van der Waals surface area contributed by atoms with Gasteiger partial charge >= 0.3 is 6.03 Å². The van der Waals surface area contributed by atoms with Crippen molar-refractivity contribution in [3.05, 3.63) is 80.0 Å². The normalized spacial score (nSPS) is 16.4. The van der Waals surface area contributed by atoms with Crippen molar-refractivity contribution in [3.8, 4) is 0 Å². The number of carbonyl (C=O) groups excluding carboxylic acids is 2. The molecule has 27 heavy (non-hydrogen) atoms.